The molecule has 0 N–H and O–H groups in total. The van der Waals surface area contributed by atoms with Crippen LogP contribution in [0, 0.1) is 10.1 Å². The van der Waals surface area contributed by atoms with Gasteiger partial charge in [0.25, 0.3) is 17.5 Å². The second-order valence-electron chi connectivity index (χ2n) is 6.36. The summed E-state index contributed by atoms with van der Waals surface area (Å²) in [6, 6.07) is 9.11. The molecule has 0 saturated carbocycles. The molecule has 0 fully saturated rings. The van der Waals surface area contributed by atoms with Crippen molar-refractivity contribution in [3.63, 3.8) is 0 Å². The molecule has 0 saturated heterocycles. The molecule has 31 heavy (non-hydrogen) atoms. The highest BCUT2D eigenvalue weighted by Gasteiger charge is 2.41. The quantitative estimate of drug-likeness (QED) is 0.160. The van der Waals surface area contributed by atoms with Gasteiger partial charge < -0.3 is 9.47 Å². The van der Waals surface area contributed by atoms with E-state index in [1.54, 1.807) is 0 Å². The Balaban J connectivity index is 1.61. The van der Waals surface area contributed by atoms with Crippen molar-refractivity contribution >= 4 is 35.2 Å². The summed E-state index contributed by atoms with van der Waals surface area (Å²) in [7, 11) is 0. The Labute approximate surface area is 174 Å². The molecule has 0 aliphatic carbocycles. The van der Waals surface area contributed by atoms with Gasteiger partial charge in [0.2, 0.25) is 0 Å². The first kappa shape index (κ1) is 21.3. The number of hydrogen-bond acceptors (Lipinski definition) is 9. The molecule has 1 heterocycles. The molecule has 0 unspecified atom stereocenters. The van der Waals surface area contributed by atoms with E-state index in [9.17, 15) is 34.1 Å². The van der Waals surface area contributed by atoms with Gasteiger partial charge in [0.15, 0.2) is 12.4 Å². The number of rotatable bonds is 7. The van der Waals surface area contributed by atoms with Crippen LogP contribution in [0.4, 0.5) is 5.69 Å². The SMILES string of the molecule is CC(=O)Oc1ccc(C(=O)COC(=O)CN2C(=O)c3cccc([N+](=O)[O-])c3C2=O)cc1. The Morgan fingerprint density at radius 1 is 1.03 bits per heavy atom. The number of carbonyl (C=O) groups is 5. The van der Waals surface area contributed by atoms with Crippen molar-refractivity contribution < 1.29 is 38.4 Å². The number of nitro groups is 1. The van der Waals surface area contributed by atoms with Crippen molar-refractivity contribution in [3.8, 4) is 5.75 Å². The van der Waals surface area contributed by atoms with E-state index in [4.69, 9.17) is 9.47 Å². The first-order valence-electron chi connectivity index (χ1n) is 8.80. The Morgan fingerprint density at radius 2 is 1.71 bits per heavy atom. The van der Waals surface area contributed by atoms with Gasteiger partial charge in [-0.2, -0.15) is 0 Å². The molecule has 0 aromatic heterocycles. The van der Waals surface area contributed by atoms with E-state index in [0.29, 0.717) is 4.90 Å². The number of fused-ring (bicyclic) bond motifs is 1. The smallest absolute Gasteiger partial charge is 0.326 e. The number of nitro benzene ring substituents is 1. The molecule has 11 nitrogen and oxygen atoms in total. The minimum Gasteiger partial charge on any atom is -0.456 e. The number of benzene rings is 2. The van der Waals surface area contributed by atoms with Gasteiger partial charge in [0.1, 0.15) is 17.9 Å². The lowest BCUT2D eigenvalue weighted by molar-refractivity contribution is -0.385. The maximum Gasteiger partial charge on any atom is 0.326 e. The van der Waals surface area contributed by atoms with Crippen LogP contribution in [0.5, 0.6) is 5.75 Å². The summed E-state index contributed by atoms with van der Waals surface area (Å²) < 4.78 is 9.68. The van der Waals surface area contributed by atoms with Crippen molar-refractivity contribution in [3.05, 3.63) is 69.3 Å². The zero-order valence-electron chi connectivity index (χ0n) is 16.0. The highest BCUT2D eigenvalue weighted by atomic mass is 16.6. The van der Waals surface area contributed by atoms with E-state index in [1.807, 2.05) is 0 Å². The van der Waals surface area contributed by atoms with Crippen LogP contribution in [0.1, 0.15) is 38.0 Å². The van der Waals surface area contributed by atoms with Gasteiger partial charge in [-0.05, 0) is 30.3 Å². The number of ether oxygens (including phenoxy) is 2. The van der Waals surface area contributed by atoms with Crippen LogP contribution in [0.2, 0.25) is 0 Å². The lowest BCUT2D eigenvalue weighted by atomic mass is 10.1. The Kier molecular flexibility index (Phi) is 5.86. The average Bonchev–Trinajstić information content (AvgIpc) is 2.97. The van der Waals surface area contributed by atoms with Gasteiger partial charge in [-0.3, -0.25) is 39.0 Å². The minimum absolute atomic E-state index is 0.181. The Bertz CT molecular complexity index is 1120. The predicted molar refractivity (Wildman–Crippen MR) is 102 cm³/mol. The van der Waals surface area contributed by atoms with Crippen LogP contribution in [0.15, 0.2) is 42.5 Å². The molecule has 1 aliphatic rings. The van der Waals surface area contributed by atoms with Crippen LogP contribution in [-0.2, 0) is 14.3 Å². The number of amides is 2. The second kappa shape index (κ2) is 8.53. The molecule has 2 aromatic rings. The predicted octanol–water partition coefficient (Wildman–Crippen LogP) is 1.54. The fraction of sp³-hybridized carbons (Fsp3) is 0.150. The summed E-state index contributed by atoms with van der Waals surface area (Å²) in [6.45, 7) is -0.234. The van der Waals surface area contributed by atoms with E-state index in [2.05, 4.69) is 0 Å². The third-order valence-corrected chi connectivity index (χ3v) is 4.26. The number of imide groups is 1. The highest BCUT2D eigenvalue weighted by molar-refractivity contribution is 6.24. The van der Waals surface area contributed by atoms with Gasteiger partial charge in [0, 0.05) is 18.6 Å². The van der Waals surface area contributed by atoms with Crippen LogP contribution in [0.25, 0.3) is 0 Å². The van der Waals surface area contributed by atoms with Gasteiger partial charge in [-0.1, -0.05) is 6.07 Å². The molecule has 0 spiro atoms. The molecule has 158 valence electrons. The second-order valence-corrected chi connectivity index (χ2v) is 6.36. The van der Waals surface area contributed by atoms with Crippen molar-refractivity contribution in [2.75, 3.05) is 13.2 Å². The first-order valence-corrected chi connectivity index (χ1v) is 8.80. The Hall–Kier alpha value is -4.41. The molecular formula is C20H14N2O9. The molecule has 2 aromatic carbocycles. The summed E-state index contributed by atoms with van der Waals surface area (Å²) >= 11 is 0. The van der Waals surface area contributed by atoms with E-state index in [-0.39, 0.29) is 16.9 Å². The van der Waals surface area contributed by atoms with Gasteiger partial charge >= 0.3 is 11.9 Å². The molecule has 2 amide bonds. The fourth-order valence-electron chi connectivity index (χ4n) is 2.89. The fourth-order valence-corrected chi connectivity index (χ4v) is 2.89. The van der Waals surface area contributed by atoms with E-state index in [1.165, 1.54) is 43.3 Å². The average molecular weight is 426 g/mol. The largest absolute Gasteiger partial charge is 0.456 e. The lowest BCUT2D eigenvalue weighted by Gasteiger charge is -2.12. The molecule has 0 radical (unpaired) electrons. The third-order valence-electron chi connectivity index (χ3n) is 4.26. The first-order chi connectivity index (χ1) is 14.7. The normalized spacial score (nSPS) is 12.4. The molecule has 3 rings (SSSR count). The lowest BCUT2D eigenvalue weighted by Crippen LogP contribution is -2.36. The zero-order chi connectivity index (χ0) is 22.7. The molecular weight excluding hydrogens is 412 g/mol. The maximum absolute atomic E-state index is 12.4. The zero-order valence-corrected chi connectivity index (χ0v) is 16.0. The van der Waals surface area contributed by atoms with Crippen molar-refractivity contribution in [1.29, 1.82) is 0 Å². The van der Waals surface area contributed by atoms with Crippen LogP contribution in [-0.4, -0.2) is 52.5 Å². The summed E-state index contributed by atoms with van der Waals surface area (Å²) in [6.07, 6.45) is 0. The third kappa shape index (κ3) is 4.45. The van der Waals surface area contributed by atoms with Gasteiger partial charge in [-0.25, -0.2) is 0 Å². The van der Waals surface area contributed by atoms with E-state index >= 15 is 0 Å². The number of esters is 2. The molecule has 1 aliphatic heterocycles. The van der Waals surface area contributed by atoms with Gasteiger partial charge in [-0.15, -0.1) is 0 Å². The van der Waals surface area contributed by atoms with Crippen molar-refractivity contribution in [2.45, 2.75) is 6.92 Å². The highest BCUT2D eigenvalue weighted by Crippen LogP contribution is 2.30. The van der Waals surface area contributed by atoms with Crippen LogP contribution >= 0.6 is 0 Å². The Morgan fingerprint density at radius 3 is 2.32 bits per heavy atom. The van der Waals surface area contributed by atoms with E-state index in [0.717, 1.165) is 6.07 Å². The monoisotopic (exact) mass is 426 g/mol. The number of carbonyl (C=O) groups excluding carboxylic acids is 5. The standard InChI is InChI=1S/C20H14N2O9/c1-11(23)31-13-7-5-12(6-8-13)16(24)10-30-17(25)9-21-19(26)14-3-2-4-15(22(28)29)18(14)20(21)27/h2-8H,9-10H2,1H3. The van der Waals surface area contributed by atoms with Crippen molar-refractivity contribution in [1.82, 2.24) is 4.90 Å². The summed E-state index contributed by atoms with van der Waals surface area (Å²) in [5.74, 6) is -3.75. The van der Waals surface area contributed by atoms with E-state index < -0.39 is 58.9 Å². The summed E-state index contributed by atoms with van der Waals surface area (Å²) in [4.78, 5) is 70.7. The minimum atomic E-state index is -1.04. The molecule has 0 bridgehead atoms. The topological polar surface area (TPSA) is 150 Å². The number of nitrogens with zero attached hydrogens (tertiary/aromatic N) is 2. The molecule has 0 atom stereocenters. The maximum atomic E-state index is 12.4. The van der Waals surface area contributed by atoms with Crippen molar-refractivity contribution in [2.24, 2.45) is 0 Å². The number of Topliss-reactive ketones (excluding diaryl/α,β-unsaturated/α-hetero) is 1. The summed E-state index contributed by atoms with van der Waals surface area (Å²) in [5, 5.41) is 11.1. The number of ketones is 1. The van der Waals surface area contributed by atoms with Crippen LogP contribution in [0.3, 0.4) is 0 Å². The molecule has 11 heteroatoms. The summed E-state index contributed by atoms with van der Waals surface area (Å²) in [5.41, 5.74) is -0.940. The van der Waals surface area contributed by atoms with Crippen LogP contribution < -0.4 is 4.74 Å². The number of hydrogen-bond donors (Lipinski definition) is 0. The van der Waals surface area contributed by atoms with Gasteiger partial charge in [0.05, 0.1) is 10.5 Å².